The quantitative estimate of drug-likeness (QED) is 0.374. The van der Waals surface area contributed by atoms with E-state index in [-0.39, 0.29) is 11.6 Å². The highest BCUT2D eigenvalue weighted by Gasteiger charge is 2.28. The van der Waals surface area contributed by atoms with Crippen LogP contribution in [0.5, 0.6) is 0 Å². The van der Waals surface area contributed by atoms with Crippen LogP contribution >= 0.6 is 46.1 Å². The number of fused-ring (bicyclic) bond motifs is 1. The molecule has 0 fully saturated rings. The van der Waals surface area contributed by atoms with Crippen molar-refractivity contribution in [3.63, 3.8) is 0 Å². The molecular formula is C18H8Cl3NO2S. The summed E-state index contributed by atoms with van der Waals surface area (Å²) in [6, 6.07) is 12.7. The normalized spacial score (nSPS) is 15.7. The van der Waals surface area contributed by atoms with E-state index in [4.69, 9.17) is 39.5 Å². The number of hydrogen-bond donors (Lipinski definition) is 0. The summed E-state index contributed by atoms with van der Waals surface area (Å²) in [4.78, 5) is 17.1. The standard InChI is InChI=1S/C18H8Cl3NO2S/c19-10-6-5-9(12(20)8-10)7-13-18(23)24-17(22-13)16-15(21)11-3-1-2-4-14(11)25-16/h1-8H/b13-7+. The predicted molar refractivity (Wildman–Crippen MR) is 104 cm³/mol. The van der Waals surface area contributed by atoms with E-state index >= 15 is 0 Å². The Balaban J connectivity index is 1.77. The van der Waals surface area contributed by atoms with Crippen LogP contribution in [0.4, 0.5) is 0 Å². The fraction of sp³-hybridized carbons (Fsp3) is 0. The minimum atomic E-state index is -0.547. The highest BCUT2D eigenvalue weighted by atomic mass is 35.5. The first-order valence-electron chi connectivity index (χ1n) is 7.18. The summed E-state index contributed by atoms with van der Waals surface area (Å²) >= 11 is 19.9. The molecule has 0 N–H and O–H groups in total. The Bertz CT molecular complexity index is 1090. The minimum Gasteiger partial charge on any atom is -0.401 e. The summed E-state index contributed by atoms with van der Waals surface area (Å²) < 4.78 is 6.31. The Hall–Kier alpha value is -1.85. The van der Waals surface area contributed by atoms with Gasteiger partial charge >= 0.3 is 5.97 Å². The van der Waals surface area contributed by atoms with E-state index in [0.717, 1.165) is 10.1 Å². The van der Waals surface area contributed by atoms with Crippen molar-refractivity contribution >= 4 is 74.2 Å². The minimum absolute atomic E-state index is 0.160. The zero-order valence-corrected chi connectivity index (χ0v) is 15.5. The number of carbonyl (C=O) groups is 1. The smallest absolute Gasteiger partial charge is 0.363 e. The molecule has 0 atom stereocenters. The van der Waals surface area contributed by atoms with Gasteiger partial charge in [-0.1, -0.05) is 59.1 Å². The lowest BCUT2D eigenvalue weighted by atomic mass is 10.2. The molecule has 2 aromatic carbocycles. The Kier molecular flexibility index (Phi) is 4.29. The van der Waals surface area contributed by atoms with Crippen LogP contribution in [0.1, 0.15) is 10.4 Å². The van der Waals surface area contributed by atoms with Crippen molar-refractivity contribution in [3.05, 3.63) is 73.7 Å². The monoisotopic (exact) mass is 407 g/mol. The van der Waals surface area contributed by atoms with E-state index in [1.54, 1.807) is 24.3 Å². The number of hydrogen-bond acceptors (Lipinski definition) is 4. The maximum atomic E-state index is 12.2. The second kappa shape index (κ2) is 6.46. The SMILES string of the molecule is O=C1OC(c2sc3ccccc3c2Cl)=N/C1=C/c1ccc(Cl)cc1Cl. The Morgan fingerprint density at radius 1 is 1.08 bits per heavy atom. The third-order valence-corrected chi connectivity index (χ3v) is 5.83. The van der Waals surface area contributed by atoms with Crippen molar-refractivity contribution in [2.75, 3.05) is 0 Å². The molecule has 1 aliphatic rings. The molecule has 0 saturated carbocycles. The van der Waals surface area contributed by atoms with Gasteiger partial charge in [-0.3, -0.25) is 0 Å². The van der Waals surface area contributed by atoms with E-state index in [2.05, 4.69) is 4.99 Å². The van der Waals surface area contributed by atoms with Crippen LogP contribution in [0.3, 0.4) is 0 Å². The van der Waals surface area contributed by atoms with Crippen LogP contribution in [0, 0.1) is 0 Å². The Morgan fingerprint density at radius 2 is 1.88 bits per heavy atom. The molecule has 2 heterocycles. The first-order valence-corrected chi connectivity index (χ1v) is 9.13. The molecule has 3 aromatic rings. The molecule has 25 heavy (non-hydrogen) atoms. The van der Waals surface area contributed by atoms with Gasteiger partial charge in [0.2, 0.25) is 5.90 Å². The summed E-state index contributed by atoms with van der Waals surface area (Å²) in [5.41, 5.74) is 0.790. The summed E-state index contributed by atoms with van der Waals surface area (Å²) in [6.07, 6.45) is 1.56. The van der Waals surface area contributed by atoms with Gasteiger partial charge in [-0.25, -0.2) is 9.79 Å². The van der Waals surface area contributed by atoms with Crippen molar-refractivity contribution < 1.29 is 9.53 Å². The zero-order valence-electron chi connectivity index (χ0n) is 12.4. The molecule has 0 amide bonds. The molecule has 3 nitrogen and oxygen atoms in total. The number of rotatable bonds is 2. The van der Waals surface area contributed by atoms with E-state index in [0.29, 0.717) is 25.5 Å². The number of aliphatic imine (C=N–C) groups is 1. The average molecular weight is 409 g/mol. The van der Waals surface area contributed by atoms with Crippen LogP contribution < -0.4 is 0 Å². The van der Waals surface area contributed by atoms with Crippen LogP contribution in [0.15, 0.2) is 53.2 Å². The molecule has 7 heteroatoms. The van der Waals surface area contributed by atoms with Gasteiger partial charge < -0.3 is 4.74 Å². The lowest BCUT2D eigenvalue weighted by Crippen LogP contribution is -2.04. The molecule has 0 radical (unpaired) electrons. The van der Waals surface area contributed by atoms with E-state index in [1.165, 1.54) is 11.3 Å². The van der Waals surface area contributed by atoms with Gasteiger partial charge in [0.1, 0.15) is 4.88 Å². The number of cyclic esters (lactones) is 1. The van der Waals surface area contributed by atoms with Gasteiger partial charge in [0, 0.05) is 20.1 Å². The molecule has 0 saturated heterocycles. The largest absolute Gasteiger partial charge is 0.401 e. The first-order chi connectivity index (χ1) is 12.0. The number of thiophene rings is 1. The van der Waals surface area contributed by atoms with Gasteiger partial charge in [0.15, 0.2) is 5.70 Å². The van der Waals surface area contributed by atoms with Crippen LogP contribution in [0.2, 0.25) is 15.1 Å². The van der Waals surface area contributed by atoms with E-state index < -0.39 is 5.97 Å². The van der Waals surface area contributed by atoms with Gasteiger partial charge in [0.25, 0.3) is 0 Å². The summed E-state index contributed by atoms with van der Waals surface area (Å²) in [6.45, 7) is 0. The molecular weight excluding hydrogens is 401 g/mol. The maximum absolute atomic E-state index is 12.2. The maximum Gasteiger partial charge on any atom is 0.363 e. The summed E-state index contributed by atoms with van der Waals surface area (Å²) in [7, 11) is 0. The molecule has 124 valence electrons. The first kappa shape index (κ1) is 16.6. The van der Waals surface area contributed by atoms with Crippen molar-refractivity contribution in [2.24, 2.45) is 4.99 Å². The number of nitrogens with zero attached hydrogens (tertiary/aromatic N) is 1. The molecule has 1 aliphatic heterocycles. The highest BCUT2D eigenvalue weighted by molar-refractivity contribution is 7.21. The van der Waals surface area contributed by atoms with Crippen LogP contribution in [-0.4, -0.2) is 11.9 Å². The topological polar surface area (TPSA) is 38.7 Å². The van der Waals surface area contributed by atoms with Crippen LogP contribution in [0.25, 0.3) is 16.2 Å². The van der Waals surface area contributed by atoms with E-state index in [1.807, 2.05) is 24.3 Å². The summed E-state index contributed by atoms with van der Waals surface area (Å²) in [5, 5.41) is 2.37. The number of benzene rings is 2. The van der Waals surface area contributed by atoms with Crippen molar-refractivity contribution in [1.29, 1.82) is 0 Å². The molecule has 0 aliphatic carbocycles. The Labute approximate surface area is 162 Å². The third-order valence-electron chi connectivity index (χ3n) is 3.60. The summed E-state index contributed by atoms with van der Waals surface area (Å²) in [5.74, 6) is -0.345. The predicted octanol–water partition coefficient (Wildman–Crippen LogP) is 6.21. The average Bonchev–Trinajstić information content (AvgIpc) is 3.11. The van der Waals surface area contributed by atoms with Gasteiger partial charge in [-0.15, -0.1) is 11.3 Å². The fourth-order valence-corrected chi connectivity index (χ4v) is 4.32. The fourth-order valence-electron chi connectivity index (χ4n) is 2.42. The molecule has 0 bridgehead atoms. The van der Waals surface area contributed by atoms with E-state index in [9.17, 15) is 4.79 Å². The van der Waals surface area contributed by atoms with Crippen molar-refractivity contribution in [2.45, 2.75) is 0 Å². The number of carbonyl (C=O) groups excluding carboxylic acids is 1. The molecule has 1 aromatic heterocycles. The molecule has 0 spiro atoms. The number of esters is 1. The lowest BCUT2D eigenvalue weighted by molar-refractivity contribution is -0.129. The van der Waals surface area contributed by atoms with Gasteiger partial charge in [-0.2, -0.15) is 0 Å². The number of halogens is 3. The zero-order chi connectivity index (χ0) is 17.6. The number of ether oxygens (including phenoxy) is 1. The highest BCUT2D eigenvalue weighted by Crippen LogP contribution is 2.37. The molecule has 4 rings (SSSR count). The molecule has 0 unspecified atom stereocenters. The van der Waals surface area contributed by atoms with Crippen molar-refractivity contribution in [3.8, 4) is 0 Å². The van der Waals surface area contributed by atoms with Gasteiger partial charge in [-0.05, 0) is 29.8 Å². The third kappa shape index (κ3) is 3.07. The second-order valence-corrected chi connectivity index (χ2v) is 7.52. The van der Waals surface area contributed by atoms with Gasteiger partial charge in [0.05, 0.1) is 5.02 Å². The lowest BCUT2D eigenvalue weighted by Gasteiger charge is -1.98. The second-order valence-electron chi connectivity index (χ2n) is 5.24. The van der Waals surface area contributed by atoms with Crippen molar-refractivity contribution in [1.82, 2.24) is 0 Å². The van der Waals surface area contributed by atoms with Crippen LogP contribution in [-0.2, 0) is 9.53 Å². The Morgan fingerprint density at radius 3 is 2.64 bits per heavy atom.